The van der Waals surface area contributed by atoms with Gasteiger partial charge in [-0.3, -0.25) is 9.59 Å². The maximum absolute atomic E-state index is 14.3. The van der Waals surface area contributed by atoms with Crippen molar-refractivity contribution in [1.82, 2.24) is 10.2 Å². The van der Waals surface area contributed by atoms with E-state index in [1.54, 1.807) is 4.90 Å². The SMILES string of the molecule is O=C(NC[C@@H]1OC[C@H]2CN(C(=O)C3(F)CCC3)CC[C@H]21)C1CC1. The van der Waals surface area contributed by atoms with Gasteiger partial charge in [0.1, 0.15) is 0 Å². The molecular formula is C17H25FN2O3. The number of likely N-dealkylation sites (tertiary alicyclic amines) is 1. The number of nitrogens with one attached hydrogen (secondary N) is 1. The molecule has 0 aromatic carbocycles. The topological polar surface area (TPSA) is 58.6 Å². The van der Waals surface area contributed by atoms with Crippen LogP contribution in [0.4, 0.5) is 4.39 Å². The molecule has 2 amide bonds. The van der Waals surface area contributed by atoms with Crippen LogP contribution in [0.2, 0.25) is 0 Å². The van der Waals surface area contributed by atoms with E-state index in [2.05, 4.69) is 5.32 Å². The summed E-state index contributed by atoms with van der Waals surface area (Å²) in [5.74, 6) is 0.700. The zero-order chi connectivity index (χ0) is 16.0. The molecule has 3 atom stereocenters. The highest BCUT2D eigenvalue weighted by atomic mass is 19.1. The van der Waals surface area contributed by atoms with E-state index in [0.717, 1.165) is 25.7 Å². The van der Waals surface area contributed by atoms with Crippen molar-refractivity contribution >= 4 is 11.8 Å². The van der Waals surface area contributed by atoms with E-state index in [1.807, 2.05) is 0 Å². The predicted molar refractivity (Wildman–Crippen MR) is 81.3 cm³/mol. The first-order chi connectivity index (χ1) is 11.1. The quantitative estimate of drug-likeness (QED) is 0.847. The Balaban J connectivity index is 1.30. The molecule has 0 aromatic heterocycles. The van der Waals surface area contributed by atoms with Crippen molar-refractivity contribution < 1.29 is 18.7 Å². The van der Waals surface area contributed by atoms with E-state index in [1.165, 1.54) is 0 Å². The summed E-state index contributed by atoms with van der Waals surface area (Å²) in [5, 5.41) is 2.99. The van der Waals surface area contributed by atoms with Crippen LogP contribution in [0, 0.1) is 17.8 Å². The van der Waals surface area contributed by atoms with E-state index in [4.69, 9.17) is 4.74 Å². The summed E-state index contributed by atoms with van der Waals surface area (Å²) in [6.07, 6.45) is 4.47. The second-order valence-electron chi connectivity index (χ2n) is 7.67. The van der Waals surface area contributed by atoms with Crippen LogP contribution in [0.25, 0.3) is 0 Å². The second-order valence-corrected chi connectivity index (χ2v) is 7.67. The van der Waals surface area contributed by atoms with Gasteiger partial charge in [0.2, 0.25) is 5.91 Å². The maximum Gasteiger partial charge on any atom is 0.260 e. The van der Waals surface area contributed by atoms with E-state index >= 15 is 0 Å². The molecule has 0 bridgehead atoms. The van der Waals surface area contributed by atoms with E-state index in [0.29, 0.717) is 45.0 Å². The average molecular weight is 324 g/mol. The normalized spacial score (nSPS) is 35.3. The summed E-state index contributed by atoms with van der Waals surface area (Å²) in [7, 11) is 0. The molecule has 2 aliphatic heterocycles. The van der Waals surface area contributed by atoms with Gasteiger partial charge in [0.25, 0.3) is 5.91 Å². The number of hydrogen-bond acceptors (Lipinski definition) is 3. The number of rotatable bonds is 4. The first kappa shape index (κ1) is 15.4. The van der Waals surface area contributed by atoms with Crippen LogP contribution in [-0.2, 0) is 14.3 Å². The van der Waals surface area contributed by atoms with Gasteiger partial charge in [0.15, 0.2) is 5.67 Å². The van der Waals surface area contributed by atoms with Gasteiger partial charge in [0, 0.05) is 31.5 Å². The number of halogens is 1. The summed E-state index contributed by atoms with van der Waals surface area (Å²) in [6, 6.07) is 0. The molecule has 2 heterocycles. The van der Waals surface area contributed by atoms with Gasteiger partial charge in [-0.2, -0.15) is 0 Å². The molecule has 5 nitrogen and oxygen atoms in total. The number of fused-ring (bicyclic) bond motifs is 1. The fraction of sp³-hybridized carbons (Fsp3) is 0.882. The molecule has 1 N–H and O–H groups in total. The highest BCUT2D eigenvalue weighted by molar-refractivity contribution is 5.86. The summed E-state index contributed by atoms with van der Waals surface area (Å²) < 4.78 is 20.2. The van der Waals surface area contributed by atoms with Gasteiger partial charge < -0.3 is 15.0 Å². The molecule has 0 unspecified atom stereocenters. The molecule has 2 saturated carbocycles. The third-order valence-corrected chi connectivity index (χ3v) is 6.04. The molecule has 4 rings (SSSR count). The number of amides is 2. The van der Waals surface area contributed by atoms with Crippen molar-refractivity contribution in [2.45, 2.75) is 50.3 Å². The molecule has 2 saturated heterocycles. The Morgan fingerprint density at radius 3 is 2.70 bits per heavy atom. The van der Waals surface area contributed by atoms with E-state index < -0.39 is 5.67 Å². The second kappa shape index (κ2) is 5.72. The van der Waals surface area contributed by atoms with Gasteiger partial charge in [-0.05, 0) is 44.4 Å². The Kier molecular flexibility index (Phi) is 3.82. The molecule has 4 fully saturated rings. The molecule has 6 heteroatoms. The van der Waals surface area contributed by atoms with Crippen molar-refractivity contribution in [3.8, 4) is 0 Å². The number of hydrogen-bond donors (Lipinski definition) is 1. The largest absolute Gasteiger partial charge is 0.376 e. The highest BCUT2D eigenvalue weighted by Crippen LogP contribution is 2.40. The van der Waals surface area contributed by atoms with E-state index in [-0.39, 0.29) is 29.8 Å². The lowest BCUT2D eigenvalue weighted by Gasteiger charge is -2.41. The monoisotopic (exact) mass is 324 g/mol. The minimum absolute atomic E-state index is 0.0444. The summed E-state index contributed by atoms with van der Waals surface area (Å²) in [4.78, 5) is 25.8. The molecule has 2 aliphatic carbocycles. The van der Waals surface area contributed by atoms with Crippen molar-refractivity contribution in [3.63, 3.8) is 0 Å². The molecular weight excluding hydrogens is 299 g/mol. The standard InChI is InChI=1S/C17H25FN2O3/c18-17(5-1-6-17)16(22)20-7-4-13-12(9-20)10-23-14(13)8-19-15(21)11-2-3-11/h11-14H,1-10H2,(H,19,21)/t12-,13-,14+/m1/s1. The number of alkyl halides is 1. The van der Waals surface area contributed by atoms with Crippen molar-refractivity contribution in [3.05, 3.63) is 0 Å². The molecule has 0 aromatic rings. The predicted octanol–water partition coefficient (Wildman–Crippen LogP) is 1.27. The Bertz CT molecular complexity index is 504. The summed E-state index contributed by atoms with van der Waals surface area (Å²) >= 11 is 0. The number of carbonyl (C=O) groups is 2. The number of carbonyl (C=O) groups excluding carboxylic acids is 2. The van der Waals surface area contributed by atoms with E-state index in [9.17, 15) is 14.0 Å². The molecule has 128 valence electrons. The Morgan fingerprint density at radius 2 is 2.04 bits per heavy atom. The zero-order valence-corrected chi connectivity index (χ0v) is 13.4. The van der Waals surface area contributed by atoms with Crippen LogP contribution < -0.4 is 5.32 Å². The highest BCUT2D eigenvalue weighted by Gasteiger charge is 2.50. The van der Waals surface area contributed by atoms with Crippen LogP contribution in [0.3, 0.4) is 0 Å². The van der Waals surface area contributed by atoms with Gasteiger partial charge in [-0.1, -0.05) is 0 Å². The number of ether oxygens (including phenoxy) is 1. The first-order valence-electron chi connectivity index (χ1n) is 8.94. The van der Waals surface area contributed by atoms with Crippen LogP contribution in [-0.4, -0.2) is 54.7 Å². The van der Waals surface area contributed by atoms with Crippen LogP contribution in [0.5, 0.6) is 0 Å². The van der Waals surface area contributed by atoms with Crippen molar-refractivity contribution in [2.24, 2.45) is 17.8 Å². The minimum atomic E-state index is -1.59. The number of nitrogens with zero attached hydrogens (tertiary/aromatic N) is 1. The van der Waals surface area contributed by atoms with Gasteiger partial charge in [-0.25, -0.2) is 4.39 Å². The van der Waals surface area contributed by atoms with Crippen molar-refractivity contribution in [1.29, 1.82) is 0 Å². The van der Waals surface area contributed by atoms with Crippen LogP contribution in [0.15, 0.2) is 0 Å². The first-order valence-corrected chi connectivity index (χ1v) is 8.94. The Hall–Kier alpha value is -1.17. The van der Waals surface area contributed by atoms with Gasteiger partial charge >= 0.3 is 0 Å². The third-order valence-electron chi connectivity index (χ3n) is 6.04. The molecule has 0 spiro atoms. The lowest BCUT2D eigenvalue weighted by molar-refractivity contribution is -0.152. The Labute approximate surface area is 135 Å². The third kappa shape index (κ3) is 2.86. The fourth-order valence-corrected chi connectivity index (χ4v) is 4.16. The smallest absolute Gasteiger partial charge is 0.260 e. The Morgan fingerprint density at radius 1 is 1.26 bits per heavy atom. The molecule has 23 heavy (non-hydrogen) atoms. The van der Waals surface area contributed by atoms with Crippen LogP contribution >= 0.6 is 0 Å². The minimum Gasteiger partial charge on any atom is -0.376 e. The van der Waals surface area contributed by atoms with Gasteiger partial charge in [-0.15, -0.1) is 0 Å². The lowest BCUT2D eigenvalue weighted by atomic mass is 9.79. The average Bonchev–Trinajstić information content (AvgIpc) is 3.30. The fourth-order valence-electron chi connectivity index (χ4n) is 4.16. The summed E-state index contributed by atoms with van der Waals surface area (Å²) in [5.41, 5.74) is -1.59. The maximum atomic E-state index is 14.3. The van der Waals surface area contributed by atoms with Crippen LogP contribution in [0.1, 0.15) is 38.5 Å². The number of piperidine rings is 1. The summed E-state index contributed by atoms with van der Waals surface area (Å²) in [6.45, 7) is 2.39. The lowest BCUT2D eigenvalue weighted by Crippen LogP contribution is -2.54. The van der Waals surface area contributed by atoms with Gasteiger partial charge in [0.05, 0.1) is 12.7 Å². The van der Waals surface area contributed by atoms with Crippen molar-refractivity contribution in [2.75, 3.05) is 26.2 Å². The zero-order valence-electron chi connectivity index (χ0n) is 13.4. The molecule has 0 radical (unpaired) electrons. The molecule has 4 aliphatic rings.